The Kier molecular flexibility index (Phi) is 4.27. The van der Waals surface area contributed by atoms with E-state index in [0.717, 1.165) is 26.3 Å². The largest absolute Gasteiger partial charge is 0.379 e. The molecule has 0 spiro atoms. The van der Waals surface area contributed by atoms with E-state index in [1.54, 1.807) is 0 Å². The molecule has 2 fully saturated rings. The predicted molar refractivity (Wildman–Crippen MR) is 83.5 cm³/mol. The molecule has 2 aliphatic heterocycles. The molecule has 1 atom stereocenters. The first-order valence-corrected chi connectivity index (χ1v) is 7.91. The molecule has 0 aromatic heterocycles. The third kappa shape index (κ3) is 2.99. The monoisotopic (exact) mass is 274 g/mol. The van der Waals surface area contributed by atoms with Gasteiger partial charge in [-0.05, 0) is 30.0 Å². The van der Waals surface area contributed by atoms with Gasteiger partial charge in [-0.15, -0.1) is 0 Å². The fraction of sp³-hybridized carbons (Fsp3) is 0.647. The summed E-state index contributed by atoms with van der Waals surface area (Å²) in [6.07, 6.45) is 1.28. The molecule has 20 heavy (non-hydrogen) atoms. The van der Waals surface area contributed by atoms with Crippen molar-refractivity contribution in [2.24, 2.45) is 0 Å². The average molecular weight is 274 g/mol. The minimum absolute atomic E-state index is 0.604. The van der Waals surface area contributed by atoms with Gasteiger partial charge in [0.1, 0.15) is 0 Å². The average Bonchev–Trinajstić information content (AvgIpc) is 2.98. The van der Waals surface area contributed by atoms with Gasteiger partial charge in [0.2, 0.25) is 0 Å². The van der Waals surface area contributed by atoms with Crippen LogP contribution in [0.15, 0.2) is 24.3 Å². The number of nitrogens with zero attached hydrogens (tertiary/aromatic N) is 2. The summed E-state index contributed by atoms with van der Waals surface area (Å²) in [5.41, 5.74) is 2.84. The maximum Gasteiger partial charge on any atom is 0.0594 e. The standard InChI is InChI=1S/C17H26N2O/c1-14(2)15-4-3-5-16(12-15)19-7-6-17(13-19)18-8-10-20-11-9-18/h3-5,12,14,17H,6-11,13H2,1-2H3. The number of benzene rings is 1. The van der Waals surface area contributed by atoms with Crippen molar-refractivity contribution in [3.63, 3.8) is 0 Å². The number of morpholine rings is 1. The van der Waals surface area contributed by atoms with Crippen LogP contribution < -0.4 is 4.90 Å². The molecular formula is C17H26N2O. The molecule has 0 radical (unpaired) electrons. The van der Waals surface area contributed by atoms with Crippen molar-refractivity contribution in [3.05, 3.63) is 29.8 Å². The molecule has 0 N–H and O–H groups in total. The second kappa shape index (κ2) is 6.15. The van der Waals surface area contributed by atoms with Crippen LogP contribution in [0.2, 0.25) is 0 Å². The van der Waals surface area contributed by atoms with E-state index in [-0.39, 0.29) is 0 Å². The van der Waals surface area contributed by atoms with E-state index in [1.807, 2.05) is 0 Å². The van der Waals surface area contributed by atoms with Gasteiger partial charge in [0.25, 0.3) is 0 Å². The Morgan fingerprint density at radius 3 is 2.70 bits per heavy atom. The fourth-order valence-corrected chi connectivity index (χ4v) is 3.30. The highest BCUT2D eigenvalue weighted by Gasteiger charge is 2.28. The van der Waals surface area contributed by atoms with E-state index in [2.05, 4.69) is 47.9 Å². The number of anilines is 1. The van der Waals surface area contributed by atoms with E-state index < -0.39 is 0 Å². The normalized spacial score (nSPS) is 24.6. The maximum absolute atomic E-state index is 5.46. The summed E-state index contributed by atoms with van der Waals surface area (Å²) in [5, 5.41) is 0. The molecule has 0 bridgehead atoms. The van der Waals surface area contributed by atoms with Crippen LogP contribution in [0.4, 0.5) is 5.69 Å². The van der Waals surface area contributed by atoms with Crippen molar-refractivity contribution >= 4 is 5.69 Å². The first kappa shape index (κ1) is 13.9. The Labute approximate surface area is 122 Å². The molecular weight excluding hydrogens is 248 g/mol. The molecule has 1 unspecified atom stereocenters. The lowest BCUT2D eigenvalue weighted by atomic mass is 10.0. The smallest absolute Gasteiger partial charge is 0.0594 e. The summed E-state index contributed by atoms with van der Waals surface area (Å²) in [5.74, 6) is 0.604. The minimum atomic E-state index is 0.604. The molecule has 0 amide bonds. The second-order valence-electron chi connectivity index (χ2n) is 6.29. The van der Waals surface area contributed by atoms with Gasteiger partial charge in [-0.25, -0.2) is 0 Å². The first-order chi connectivity index (χ1) is 9.74. The van der Waals surface area contributed by atoms with Crippen molar-refractivity contribution in [2.75, 3.05) is 44.3 Å². The van der Waals surface area contributed by atoms with Crippen molar-refractivity contribution in [1.29, 1.82) is 0 Å². The van der Waals surface area contributed by atoms with Gasteiger partial charge in [-0.2, -0.15) is 0 Å². The Morgan fingerprint density at radius 1 is 1.15 bits per heavy atom. The van der Waals surface area contributed by atoms with Crippen molar-refractivity contribution in [2.45, 2.75) is 32.2 Å². The number of rotatable bonds is 3. The first-order valence-electron chi connectivity index (χ1n) is 7.91. The summed E-state index contributed by atoms with van der Waals surface area (Å²) in [6.45, 7) is 10.9. The second-order valence-corrected chi connectivity index (χ2v) is 6.29. The molecule has 0 saturated carbocycles. The number of hydrogen-bond acceptors (Lipinski definition) is 3. The lowest BCUT2D eigenvalue weighted by Crippen LogP contribution is -2.44. The molecule has 3 heteroatoms. The summed E-state index contributed by atoms with van der Waals surface area (Å²) < 4.78 is 5.46. The SMILES string of the molecule is CC(C)c1cccc(N2CCC(N3CCOCC3)C2)c1. The van der Waals surface area contributed by atoms with Gasteiger partial charge in [-0.3, -0.25) is 4.90 Å². The van der Waals surface area contributed by atoms with Crippen LogP contribution in [0.3, 0.4) is 0 Å². The lowest BCUT2D eigenvalue weighted by molar-refractivity contribution is 0.0209. The van der Waals surface area contributed by atoms with Gasteiger partial charge in [0.05, 0.1) is 13.2 Å². The lowest BCUT2D eigenvalue weighted by Gasteiger charge is -2.32. The zero-order chi connectivity index (χ0) is 13.9. The Hall–Kier alpha value is -1.06. The topological polar surface area (TPSA) is 15.7 Å². The molecule has 2 saturated heterocycles. The molecule has 0 aliphatic carbocycles. The van der Waals surface area contributed by atoms with E-state index in [0.29, 0.717) is 12.0 Å². The molecule has 3 nitrogen and oxygen atoms in total. The van der Waals surface area contributed by atoms with E-state index in [1.165, 1.54) is 30.8 Å². The van der Waals surface area contributed by atoms with E-state index >= 15 is 0 Å². The molecule has 3 rings (SSSR count). The quantitative estimate of drug-likeness (QED) is 0.843. The van der Waals surface area contributed by atoms with Crippen LogP contribution in [-0.2, 0) is 4.74 Å². The molecule has 2 aliphatic rings. The number of hydrogen-bond donors (Lipinski definition) is 0. The highest BCUT2D eigenvalue weighted by Crippen LogP contribution is 2.26. The minimum Gasteiger partial charge on any atom is -0.379 e. The molecule has 2 heterocycles. The van der Waals surface area contributed by atoms with Crippen molar-refractivity contribution < 1.29 is 4.74 Å². The fourth-order valence-electron chi connectivity index (χ4n) is 3.30. The van der Waals surface area contributed by atoms with Crippen LogP contribution in [0.5, 0.6) is 0 Å². The van der Waals surface area contributed by atoms with E-state index in [9.17, 15) is 0 Å². The van der Waals surface area contributed by atoms with Crippen LogP contribution in [-0.4, -0.2) is 50.3 Å². The van der Waals surface area contributed by atoms with Gasteiger partial charge in [0, 0.05) is 37.9 Å². The summed E-state index contributed by atoms with van der Waals surface area (Å²) >= 11 is 0. The van der Waals surface area contributed by atoms with Crippen LogP contribution in [0.1, 0.15) is 31.7 Å². The van der Waals surface area contributed by atoms with E-state index in [4.69, 9.17) is 4.74 Å². The Bertz CT molecular complexity index is 440. The summed E-state index contributed by atoms with van der Waals surface area (Å²) in [6, 6.07) is 9.78. The highest BCUT2D eigenvalue weighted by atomic mass is 16.5. The number of ether oxygens (including phenoxy) is 1. The molecule has 1 aromatic carbocycles. The predicted octanol–water partition coefficient (Wildman–Crippen LogP) is 2.72. The van der Waals surface area contributed by atoms with Gasteiger partial charge < -0.3 is 9.64 Å². The van der Waals surface area contributed by atoms with Gasteiger partial charge in [0.15, 0.2) is 0 Å². The maximum atomic E-state index is 5.46. The van der Waals surface area contributed by atoms with Crippen LogP contribution >= 0.6 is 0 Å². The highest BCUT2D eigenvalue weighted by molar-refractivity contribution is 5.50. The zero-order valence-corrected chi connectivity index (χ0v) is 12.7. The third-order valence-corrected chi connectivity index (χ3v) is 4.63. The molecule has 1 aromatic rings. The Balaban J connectivity index is 1.65. The molecule has 110 valence electrons. The Morgan fingerprint density at radius 2 is 1.95 bits per heavy atom. The van der Waals surface area contributed by atoms with Crippen molar-refractivity contribution in [3.8, 4) is 0 Å². The summed E-state index contributed by atoms with van der Waals surface area (Å²) in [7, 11) is 0. The van der Waals surface area contributed by atoms with Crippen molar-refractivity contribution in [1.82, 2.24) is 4.90 Å². The van der Waals surface area contributed by atoms with Gasteiger partial charge in [-0.1, -0.05) is 26.0 Å². The zero-order valence-electron chi connectivity index (χ0n) is 12.7. The van der Waals surface area contributed by atoms with Gasteiger partial charge >= 0.3 is 0 Å². The third-order valence-electron chi connectivity index (χ3n) is 4.63. The van der Waals surface area contributed by atoms with Crippen LogP contribution in [0.25, 0.3) is 0 Å². The van der Waals surface area contributed by atoms with Crippen LogP contribution in [0, 0.1) is 0 Å². The summed E-state index contributed by atoms with van der Waals surface area (Å²) in [4.78, 5) is 5.15.